The number of halogens is 6. The third-order valence-corrected chi connectivity index (χ3v) is 4.42. The monoisotopic (exact) mass is 433 g/mol. The Morgan fingerprint density at radius 1 is 1.28 bits per heavy atom. The van der Waals surface area contributed by atoms with Crippen molar-refractivity contribution in [1.29, 1.82) is 0 Å². The normalized spacial score (nSPS) is 11.9. The number of imidazole rings is 1. The molecule has 12 heteroatoms. The fourth-order valence-electron chi connectivity index (χ4n) is 2.63. The molecule has 0 atom stereocenters. The Hall–Kier alpha value is -2.95. The average molecular weight is 434 g/mol. The third kappa shape index (κ3) is 4.24. The lowest BCUT2D eigenvalue weighted by molar-refractivity contribution is -0.137. The van der Waals surface area contributed by atoms with Crippen LogP contribution in [0.1, 0.15) is 17.9 Å². The second-order valence-corrected chi connectivity index (χ2v) is 6.37. The van der Waals surface area contributed by atoms with Crippen LogP contribution in [0.15, 0.2) is 47.7 Å². The van der Waals surface area contributed by atoms with Gasteiger partial charge in [0.05, 0.1) is 29.7 Å². The first-order chi connectivity index (χ1) is 13.6. The van der Waals surface area contributed by atoms with E-state index >= 15 is 0 Å². The molecule has 3 aromatic rings. The highest BCUT2D eigenvalue weighted by molar-refractivity contribution is 6.33. The molecule has 1 aromatic carbocycles. The van der Waals surface area contributed by atoms with Crippen LogP contribution in [-0.2, 0) is 12.7 Å². The topological polar surface area (TPSA) is 56.0 Å². The lowest BCUT2D eigenvalue weighted by Crippen LogP contribution is -2.27. The summed E-state index contributed by atoms with van der Waals surface area (Å²) in [5, 5.41) is 3.55. The van der Waals surface area contributed by atoms with E-state index in [1.54, 1.807) is 0 Å². The van der Waals surface area contributed by atoms with Gasteiger partial charge in [-0.2, -0.15) is 31.7 Å². The van der Waals surface area contributed by atoms with E-state index in [1.807, 2.05) is 0 Å². The van der Waals surface area contributed by atoms with Crippen molar-refractivity contribution in [1.82, 2.24) is 19.3 Å². The van der Waals surface area contributed by atoms with Gasteiger partial charge in [-0.3, -0.25) is 9.36 Å². The fraction of sp³-hybridized carbons (Fsp3) is 0.235. The quantitative estimate of drug-likeness (QED) is 0.568. The van der Waals surface area contributed by atoms with Gasteiger partial charge in [-0.25, -0.2) is 4.98 Å². The van der Waals surface area contributed by atoms with Gasteiger partial charge >= 0.3 is 12.7 Å². The number of alkyl halides is 5. The Kier molecular flexibility index (Phi) is 5.60. The second-order valence-electron chi connectivity index (χ2n) is 5.99. The van der Waals surface area contributed by atoms with Gasteiger partial charge in [-0.05, 0) is 18.2 Å². The summed E-state index contributed by atoms with van der Waals surface area (Å²) < 4.78 is 66.0. The molecule has 0 amide bonds. The molecule has 0 saturated carbocycles. The highest BCUT2D eigenvalue weighted by Gasteiger charge is 2.30. The van der Waals surface area contributed by atoms with Crippen molar-refractivity contribution in [3.63, 3.8) is 0 Å². The zero-order chi connectivity index (χ0) is 21.3. The molecule has 0 N–H and O–H groups in total. The average Bonchev–Trinajstić information content (AvgIpc) is 3.11. The van der Waals surface area contributed by atoms with Crippen LogP contribution >= 0.6 is 11.6 Å². The second kappa shape index (κ2) is 7.82. The van der Waals surface area contributed by atoms with Crippen molar-refractivity contribution < 1.29 is 22.0 Å². The van der Waals surface area contributed by atoms with Crippen molar-refractivity contribution in [2.24, 2.45) is 0 Å². The van der Waals surface area contributed by atoms with E-state index in [1.165, 1.54) is 30.4 Å². The number of hydrogen-bond donors (Lipinski definition) is 0. The van der Waals surface area contributed by atoms with Crippen molar-refractivity contribution in [2.75, 3.05) is 11.9 Å². The van der Waals surface area contributed by atoms with Crippen LogP contribution in [0.25, 0.3) is 5.69 Å². The Morgan fingerprint density at radius 2 is 2.00 bits per heavy atom. The standard InChI is InChI=1S/C17H13ClF5N5O/c1-26(9-13-24-5-6-27(13)16(19)20)12-8-25-28(15(29)14(12)18)11-4-2-3-10(7-11)17(21,22)23/h2-8,16H,9H2,1H3. The number of benzene rings is 1. The molecule has 6 nitrogen and oxygen atoms in total. The maximum atomic E-state index is 12.9. The molecule has 2 heterocycles. The van der Waals surface area contributed by atoms with Gasteiger partial charge in [0.25, 0.3) is 5.56 Å². The van der Waals surface area contributed by atoms with Crippen molar-refractivity contribution in [3.05, 3.63) is 69.6 Å². The van der Waals surface area contributed by atoms with E-state index in [0.717, 1.165) is 29.1 Å². The molecule has 0 fully saturated rings. The number of hydrogen-bond acceptors (Lipinski definition) is 4. The van der Waals surface area contributed by atoms with Crippen LogP contribution in [0.2, 0.25) is 5.02 Å². The maximum absolute atomic E-state index is 12.9. The minimum atomic E-state index is -4.59. The lowest BCUT2D eigenvalue weighted by atomic mass is 10.2. The van der Waals surface area contributed by atoms with E-state index in [-0.39, 0.29) is 28.8 Å². The molecular formula is C17H13ClF5N5O. The van der Waals surface area contributed by atoms with Gasteiger partial charge in [0.15, 0.2) is 0 Å². The molecule has 0 aliphatic carbocycles. The predicted molar refractivity (Wildman–Crippen MR) is 95.4 cm³/mol. The maximum Gasteiger partial charge on any atom is 0.416 e. The molecule has 0 aliphatic heterocycles. The van der Waals surface area contributed by atoms with E-state index in [0.29, 0.717) is 4.57 Å². The largest absolute Gasteiger partial charge is 0.416 e. The van der Waals surface area contributed by atoms with Crippen LogP contribution in [0.3, 0.4) is 0 Å². The smallest absolute Gasteiger partial charge is 0.364 e. The fourth-order valence-corrected chi connectivity index (χ4v) is 2.90. The highest BCUT2D eigenvalue weighted by atomic mass is 35.5. The minimum absolute atomic E-state index is 0.0284. The summed E-state index contributed by atoms with van der Waals surface area (Å²) in [6, 6.07) is 4.06. The summed E-state index contributed by atoms with van der Waals surface area (Å²) in [6.07, 6.45) is -1.10. The lowest BCUT2D eigenvalue weighted by Gasteiger charge is -2.20. The first kappa shape index (κ1) is 20.8. The number of rotatable bonds is 5. The first-order valence-electron chi connectivity index (χ1n) is 8.06. The summed E-state index contributed by atoms with van der Waals surface area (Å²) >= 11 is 6.10. The SMILES string of the molecule is CN(Cc1nccn1C(F)F)c1cnn(-c2cccc(C(F)(F)F)c2)c(=O)c1Cl. The summed E-state index contributed by atoms with van der Waals surface area (Å²) in [7, 11) is 1.49. The van der Waals surface area contributed by atoms with Crippen LogP contribution in [0.5, 0.6) is 0 Å². The number of aromatic nitrogens is 4. The van der Waals surface area contributed by atoms with Crippen LogP contribution in [0.4, 0.5) is 27.6 Å². The molecule has 0 spiro atoms. The first-order valence-corrected chi connectivity index (χ1v) is 8.44. The summed E-state index contributed by atoms with van der Waals surface area (Å²) in [5.74, 6) is 0.0284. The van der Waals surface area contributed by atoms with Gasteiger partial charge in [-0.1, -0.05) is 17.7 Å². The zero-order valence-electron chi connectivity index (χ0n) is 14.7. The van der Waals surface area contributed by atoms with Crippen LogP contribution in [-0.4, -0.2) is 26.4 Å². The predicted octanol–water partition coefficient (Wildman–Crippen LogP) is 4.13. The molecule has 0 bridgehead atoms. The molecular weight excluding hydrogens is 421 g/mol. The van der Waals surface area contributed by atoms with Crippen molar-refractivity contribution in [2.45, 2.75) is 19.3 Å². The van der Waals surface area contributed by atoms with E-state index in [2.05, 4.69) is 10.1 Å². The minimum Gasteiger partial charge on any atom is -0.364 e. The summed E-state index contributed by atoms with van der Waals surface area (Å²) in [4.78, 5) is 17.8. The molecule has 2 aromatic heterocycles. The Bertz CT molecular complexity index is 1080. The summed E-state index contributed by atoms with van der Waals surface area (Å²) in [6.45, 7) is -2.89. The molecule has 0 radical (unpaired) electrons. The van der Waals surface area contributed by atoms with E-state index in [9.17, 15) is 26.7 Å². The Labute approximate surface area is 165 Å². The Morgan fingerprint density at radius 3 is 2.66 bits per heavy atom. The number of anilines is 1. The highest BCUT2D eigenvalue weighted by Crippen LogP contribution is 2.30. The number of nitrogens with zero attached hydrogens (tertiary/aromatic N) is 5. The molecule has 0 aliphatic rings. The molecule has 29 heavy (non-hydrogen) atoms. The van der Waals surface area contributed by atoms with Gasteiger partial charge in [0.2, 0.25) is 0 Å². The van der Waals surface area contributed by atoms with Crippen molar-refractivity contribution in [3.8, 4) is 5.69 Å². The van der Waals surface area contributed by atoms with Gasteiger partial charge in [0, 0.05) is 19.4 Å². The van der Waals surface area contributed by atoms with Gasteiger partial charge in [-0.15, -0.1) is 0 Å². The zero-order valence-corrected chi connectivity index (χ0v) is 15.5. The van der Waals surface area contributed by atoms with Gasteiger partial charge in [0.1, 0.15) is 10.8 Å². The van der Waals surface area contributed by atoms with E-state index < -0.39 is 23.8 Å². The molecule has 3 rings (SSSR count). The van der Waals surface area contributed by atoms with E-state index in [4.69, 9.17) is 11.6 Å². The van der Waals surface area contributed by atoms with Gasteiger partial charge < -0.3 is 4.90 Å². The molecule has 154 valence electrons. The molecule has 0 unspecified atom stereocenters. The molecule has 0 saturated heterocycles. The third-order valence-electron chi connectivity index (χ3n) is 4.07. The van der Waals surface area contributed by atoms with Crippen LogP contribution < -0.4 is 10.5 Å². The van der Waals surface area contributed by atoms with Crippen LogP contribution in [0, 0.1) is 0 Å². The van der Waals surface area contributed by atoms with Crippen molar-refractivity contribution >= 4 is 17.3 Å². The summed E-state index contributed by atoms with van der Waals surface area (Å²) in [5.41, 5.74) is -1.80. The Balaban J connectivity index is 1.94.